The predicted molar refractivity (Wildman–Crippen MR) is 96.4 cm³/mol. The van der Waals surface area contributed by atoms with Crippen molar-refractivity contribution in [2.45, 2.75) is 20.3 Å². The first-order chi connectivity index (χ1) is 10.9. The second-order valence-corrected chi connectivity index (χ2v) is 6.65. The van der Waals surface area contributed by atoms with Crippen molar-refractivity contribution in [2.75, 3.05) is 0 Å². The maximum atomic E-state index is 9.16. The van der Waals surface area contributed by atoms with Gasteiger partial charge in [0.05, 0.1) is 11.6 Å². The fourth-order valence-electron chi connectivity index (χ4n) is 2.96. The highest BCUT2D eigenvalue weighted by Gasteiger charge is 2.14. The van der Waals surface area contributed by atoms with Gasteiger partial charge in [-0.3, -0.25) is 0 Å². The molecule has 0 bridgehead atoms. The summed E-state index contributed by atoms with van der Waals surface area (Å²) in [6.07, 6.45) is 0.659. The van der Waals surface area contributed by atoms with Gasteiger partial charge in [-0.15, -0.1) is 0 Å². The van der Waals surface area contributed by atoms with Crippen molar-refractivity contribution in [2.24, 2.45) is 7.05 Å². The number of hydrogen-bond acceptors (Lipinski definition) is 1. The van der Waals surface area contributed by atoms with E-state index < -0.39 is 0 Å². The van der Waals surface area contributed by atoms with Gasteiger partial charge in [0.15, 0.2) is 0 Å². The zero-order chi connectivity index (χ0) is 16.7. The van der Waals surface area contributed by atoms with Gasteiger partial charge in [-0.25, -0.2) is 0 Å². The van der Waals surface area contributed by atoms with Gasteiger partial charge in [0.25, 0.3) is 0 Å². The van der Waals surface area contributed by atoms with Crippen LogP contribution >= 0.6 is 23.2 Å². The van der Waals surface area contributed by atoms with E-state index in [0.29, 0.717) is 17.0 Å². The average molecular weight is 343 g/mol. The summed E-state index contributed by atoms with van der Waals surface area (Å²) < 4.78 is 2.11. The first-order valence-electron chi connectivity index (χ1n) is 7.35. The fraction of sp³-hybridized carbons (Fsp3) is 0.211. The van der Waals surface area contributed by atoms with E-state index in [2.05, 4.69) is 16.7 Å². The molecule has 2 nitrogen and oxygen atoms in total. The largest absolute Gasteiger partial charge is 0.347 e. The van der Waals surface area contributed by atoms with Crippen LogP contribution in [0.2, 0.25) is 10.0 Å². The van der Waals surface area contributed by atoms with Crippen molar-refractivity contribution < 1.29 is 0 Å². The third kappa shape index (κ3) is 2.72. The zero-order valence-corrected chi connectivity index (χ0v) is 14.8. The maximum Gasteiger partial charge on any atom is 0.0992 e. The summed E-state index contributed by atoms with van der Waals surface area (Å²) in [7, 11) is 2.01. The van der Waals surface area contributed by atoms with Gasteiger partial charge in [0, 0.05) is 40.1 Å². The molecule has 0 unspecified atom stereocenters. The first-order valence-corrected chi connectivity index (χ1v) is 8.10. The molecule has 0 aliphatic heterocycles. The lowest BCUT2D eigenvalue weighted by atomic mass is 10.1. The maximum absolute atomic E-state index is 9.16. The van der Waals surface area contributed by atoms with Crippen molar-refractivity contribution in [3.63, 3.8) is 0 Å². The Kier molecular flexibility index (Phi) is 4.10. The van der Waals surface area contributed by atoms with Gasteiger partial charge in [-0.1, -0.05) is 29.3 Å². The number of aromatic nitrogens is 1. The smallest absolute Gasteiger partial charge is 0.0992 e. The van der Waals surface area contributed by atoms with E-state index in [-0.39, 0.29) is 0 Å². The molecule has 23 heavy (non-hydrogen) atoms. The topological polar surface area (TPSA) is 28.7 Å². The van der Waals surface area contributed by atoms with E-state index in [0.717, 1.165) is 38.3 Å². The van der Waals surface area contributed by atoms with Crippen LogP contribution in [0, 0.1) is 25.2 Å². The highest BCUT2D eigenvalue weighted by Crippen LogP contribution is 2.32. The molecule has 0 aliphatic rings. The van der Waals surface area contributed by atoms with Crippen LogP contribution in [0.25, 0.3) is 10.9 Å². The van der Waals surface area contributed by atoms with E-state index in [1.807, 2.05) is 45.2 Å². The molecule has 1 aromatic heterocycles. The summed E-state index contributed by atoms with van der Waals surface area (Å²) in [6, 6.07) is 12.0. The Morgan fingerprint density at radius 1 is 1.09 bits per heavy atom. The van der Waals surface area contributed by atoms with Crippen LogP contribution in [0.3, 0.4) is 0 Å². The van der Waals surface area contributed by atoms with Crippen LogP contribution in [0.1, 0.15) is 27.9 Å². The van der Waals surface area contributed by atoms with Crippen molar-refractivity contribution in [1.29, 1.82) is 5.26 Å². The Balaban J connectivity index is 2.16. The standard InChI is InChI=1S/C19H16Cl2N2/c1-11-4-5-17(20)16(19(11)21)9-14-8-15-12(2)6-13(10-22)7-18(15)23(14)3/h4-8H,9H2,1-3H3. The number of rotatable bonds is 2. The van der Waals surface area contributed by atoms with Crippen LogP contribution in [0.15, 0.2) is 30.3 Å². The van der Waals surface area contributed by atoms with Gasteiger partial charge < -0.3 is 4.57 Å². The predicted octanol–water partition coefficient (Wildman–Crippen LogP) is 5.56. The molecule has 0 atom stereocenters. The van der Waals surface area contributed by atoms with E-state index in [9.17, 15) is 0 Å². The molecule has 2 aromatic carbocycles. The lowest BCUT2D eigenvalue weighted by Gasteiger charge is -2.10. The second kappa shape index (κ2) is 5.92. The number of aryl methyl sites for hydroxylation is 3. The van der Waals surface area contributed by atoms with Crippen LogP contribution in [-0.4, -0.2) is 4.57 Å². The van der Waals surface area contributed by atoms with Gasteiger partial charge in [-0.05, 0) is 54.8 Å². The minimum absolute atomic E-state index is 0.659. The molecular weight excluding hydrogens is 327 g/mol. The summed E-state index contributed by atoms with van der Waals surface area (Å²) in [5.74, 6) is 0. The second-order valence-electron chi connectivity index (χ2n) is 5.87. The molecule has 3 aromatic rings. The molecule has 0 saturated carbocycles. The molecule has 0 N–H and O–H groups in total. The molecule has 0 fully saturated rings. The number of halogens is 2. The van der Waals surface area contributed by atoms with Gasteiger partial charge in [-0.2, -0.15) is 5.26 Å². The van der Waals surface area contributed by atoms with Crippen molar-refractivity contribution in [3.8, 4) is 6.07 Å². The Labute approximate surface area is 145 Å². The summed E-state index contributed by atoms with van der Waals surface area (Å²) in [5.41, 5.74) is 5.91. The quantitative estimate of drug-likeness (QED) is 0.598. The molecule has 116 valence electrons. The number of benzene rings is 2. The fourth-order valence-corrected chi connectivity index (χ4v) is 3.46. The molecular formula is C19H16Cl2N2. The third-order valence-corrected chi connectivity index (χ3v) is 5.21. The van der Waals surface area contributed by atoms with Crippen molar-refractivity contribution in [1.82, 2.24) is 4.57 Å². The van der Waals surface area contributed by atoms with E-state index >= 15 is 0 Å². The van der Waals surface area contributed by atoms with Gasteiger partial charge in [0.2, 0.25) is 0 Å². The normalized spacial score (nSPS) is 11.0. The summed E-state index contributed by atoms with van der Waals surface area (Å²) in [6.45, 7) is 4.01. The minimum Gasteiger partial charge on any atom is -0.347 e. The van der Waals surface area contributed by atoms with Crippen molar-refractivity contribution >= 4 is 34.1 Å². The third-order valence-electron chi connectivity index (χ3n) is 4.33. The van der Waals surface area contributed by atoms with Gasteiger partial charge in [0.1, 0.15) is 0 Å². The summed E-state index contributed by atoms with van der Waals surface area (Å²) in [5, 5.41) is 11.7. The number of nitrogens with zero attached hydrogens (tertiary/aromatic N) is 2. The van der Waals surface area contributed by atoms with E-state index in [4.69, 9.17) is 28.5 Å². The lowest BCUT2D eigenvalue weighted by Crippen LogP contribution is -1.99. The summed E-state index contributed by atoms with van der Waals surface area (Å²) in [4.78, 5) is 0. The molecule has 0 spiro atoms. The first kappa shape index (κ1) is 15.9. The van der Waals surface area contributed by atoms with Crippen molar-refractivity contribution in [3.05, 3.63) is 68.3 Å². The molecule has 0 amide bonds. The summed E-state index contributed by atoms with van der Waals surface area (Å²) >= 11 is 12.8. The van der Waals surface area contributed by atoms with Gasteiger partial charge >= 0.3 is 0 Å². The average Bonchev–Trinajstić information content (AvgIpc) is 2.85. The van der Waals surface area contributed by atoms with Crippen LogP contribution in [-0.2, 0) is 13.5 Å². The van der Waals surface area contributed by atoms with Crippen LogP contribution in [0.4, 0.5) is 0 Å². The molecule has 4 heteroatoms. The lowest BCUT2D eigenvalue weighted by molar-refractivity contribution is 0.880. The Morgan fingerprint density at radius 3 is 2.52 bits per heavy atom. The number of fused-ring (bicyclic) bond motifs is 1. The molecule has 3 rings (SSSR count). The Hall–Kier alpha value is -1.95. The SMILES string of the molecule is Cc1ccc(Cl)c(Cc2cc3c(C)cc(C#N)cc3n2C)c1Cl. The number of nitriles is 1. The molecule has 0 saturated heterocycles. The highest BCUT2D eigenvalue weighted by atomic mass is 35.5. The van der Waals surface area contributed by atoms with Crippen LogP contribution in [0.5, 0.6) is 0 Å². The van der Waals surface area contributed by atoms with E-state index in [1.165, 1.54) is 0 Å². The molecule has 0 aliphatic carbocycles. The Morgan fingerprint density at radius 2 is 1.83 bits per heavy atom. The monoisotopic (exact) mass is 342 g/mol. The van der Waals surface area contributed by atoms with Crippen LogP contribution < -0.4 is 0 Å². The van der Waals surface area contributed by atoms with E-state index in [1.54, 1.807) is 0 Å². The highest BCUT2D eigenvalue weighted by molar-refractivity contribution is 6.36. The number of hydrogen-bond donors (Lipinski definition) is 0. The Bertz CT molecular complexity index is 962. The molecule has 0 radical (unpaired) electrons. The minimum atomic E-state index is 0.659. The molecule has 1 heterocycles. The zero-order valence-electron chi connectivity index (χ0n) is 13.2.